The minimum Gasteiger partial charge on any atom is -0.497 e. The predicted octanol–water partition coefficient (Wildman–Crippen LogP) is 3.09. The Morgan fingerprint density at radius 2 is 1.81 bits per heavy atom. The number of methoxy groups -OCH3 is 2. The summed E-state index contributed by atoms with van der Waals surface area (Å²) in [4.78, 5) is 17.2. The van der Waals surface area contributed by atoms with E-state index in [9.17, 15) is 4.79 Å². The maximum atomic E-state index is 12.8. The van der Waals surface area contributed by atoms with E-state index in [2.05, 4.69) is 10.3 Å². The first-order chi connectivity index (χ1) is 13.1. The van der Waals surface area contributed by atoms with Crippen molar-refractivity contribution in [2.24, 2.45) is 7.05 Å². The highest BCUT2D eigenvalue weighted by Gasteiger charge is 2.21. The van der Waals surface area contributed by atoms with Crippen molar-refractivity contribution in [2.45, 2.75) is 12.6 Å². The van der Waals surface area contributed by atoms with E-state index in [1.807, 2.05) is 54.2 Å². The van der Waals surface area contributed by atoms with Crippen LogP contribution < -0.4 is 10.1 Å². The number of rotatable bonds is 7. The fourth-order valence-electron chi connectivity index (χ4n) is 2.88. The van der Waals surface area contributed by atoms with Crippen LogP contribution in [0.15, 0.2) is 60.9 Å². The third kappa shape index (κ3) is 4.35. The molecule has 0 aliphatic carbocycles. The van der Waals surface area contributed by atoms with Crippen LogP contribution in [0.4, 0.5) is 0 Å². The maximum Gasteiger partial charge on any atom is 0.252 e. The van der Waals surface area contributed by atoms with Crippen molar-refractivity contribution in [1.82, 2.24) is 14.9 Å². The number of aromatic nitrogens is 2. The van der Waals surface area contributed by atoms with E-state index in [0.717, 1.165) is 22.7 Å². The molecule has 1 aromatic heterocycles. The predicted molar refractivity (Wildman–Crippen MR) is 103 cm³/mol. The number of carbonyl (C=O) groups is 1. The van der Waals surface area contributed by atoms with Gasteiger partial charge in [0.25, 0.3) is 5.91 Å². The van der Waals surface area contributed by atoms with Gasteiger partial charge < -0.3 is 19.4 Å². The lowest BCUT2D eigenvalue weighted by molar-refractivity contribution is 0.0941. The Kier molecular flexibility index (Phi) is 5.88. The fourth-order valence-corrected chi connectivity index (χ4v) is 2.88. The monoisotopic (exact) mass is 365 g/mol. The molecular weight excluding hydrogens is 342 g/mol. The summed E-state index contributed by atoms with van der Waals surface area (Å²) in [6.07, 6.45) is 3.58. The van der Waals surface area contributed by atoms with Gasteiger partial charge in [-0.1, -0.05) is 24.3 Å². The number of aryl methyl sites for hydroxylation is 1. The Morgan fingerprint density at radius 3 is 2.37 bits per heavy atom. The highest BCUT2D eigenvalue weighted by Crippen LogP contribution is 2.23. The highest BCUT2D eigenvalue weighted by atomic mass is 16.5. The normalized spacial score (nSPS) is 11.8. The number of carbonyl (C=O) groups excluding carboxylic acids is 1. The molecule has 0 fully saturated rings. The zero-order chi connectivity index (χ0) is 19.2. The molecule has 27 heavy (non-hydrogen) atoms. The number of benzene rings is 2. The molecule has 6 heteroatoms. The molecule has 0 aliphatic heterocycles. The largest absolute Gasteiger partial charge is 0.497 e. The van der Waals surface area contributed by atoms with Gasteiger partial charge in [-0.2, -0.15) is 0 Å². The number of amides is 1. The number of ether oxygens (including phenoxy) is 2. The molecule has 0 saturated carbocycles. The van der Waals surface area contributed by atoms with Crippen molar-refractivity contribution in [3.05, 3.63) is 83.4 Å². The van der Waals surface area contributed by atoms with Crippen LogP contribution in [0.3, 0.4) is 0 Å². The van der Waals surface area contributed by atoms with E-state index >= 15 is 0 Å². The average Bonchev–Trinajstić information content (AvgIpc) is 3.12. The summed E-state index contributed by atoms with van der Waals surface area (Å²) in [6.45, 7) is 0.518. The van der Waals surface area contributed by atoms with Gasteiger partial charge >= 0.3 is 0 Å². The lowest BCUT2D eigenvalue weighted by atomic mass is 10.0. The van der Waals surface area contributed by atoms with Crippen molar-refractivity contribution in [3.8, 4) is 5.75 Å². The molecule has 1 N–H and O–H groups in total. The van der Waals surface area contributed by atoms with Crippen LogP contribution in [0, 0.1) is 0 Å². The van der Waals surface area contributed by atoms with Crippen LogP contribution in [-0.4, -0.2) is 29.7 Å². The van der Waals surface area contributed by atoms with E-state index in [4.69, 9.17) is 9.47 Å². The molecule has 140 valence electrons. The highest BCUT2D eigenvalue weighted by molar-refractivity contribution is 5.94. The molecule has 2 aromatic carbocycles. The van der Waals surface area contributed by atoms with Gasteiger partial charge in [-0.05, 0) is 35.4 Å². The lowest BCUT2D eigenvalue weighted by Gasteiger charge is -2.19. The quantitative estimate of drug-likeness (QED) is 0.699. The van der Waals surface area contributed by atoms with E-state index in [-0.39, 0.29) is 11.9 Å². The van der Waals surface area contributed by atoms with Crippen LogP contribution in [0.25, 0.3) is 0 Å². The Morgan fingerprint density at radius 1 is 1.11 bits per heavy atom. The Bertz CT molecular complexity index is 886. The molecule has 1 atom stereocenters. The molecule has 3 rings (SSSR count). The van der Waals surface area contributed by atoms with Crippen LogP contribution >= 0.6 is 0 Å². The number of nitrogens with one attached hydrogen (secondary N) is 1. The van der Waals surface area contributed by atoms with E-state index in [0.29, 0.717) is 12.2 Å². The van der Waals surface area contributed by atoms with Gasteiger partial charge in [-0.3, -0.25) is 4.79 Å². The summed E-state index contributed by atoms with van der Waals surface area (Å²) < 4.78 is 12.2. The third-order valence-corrected chi connectivity index (χ3v) is 4.37. The van der Waals surface area contributed by atoms with Crippen molar-refractivity contribution >= 4 is 5.91 Å². The van der Waals surface area contributed by atoms with E-state index < -0.39 is 0 Å². The minimum atomic E-state index is -0.373. The van der Waals surface area contributed by atoms with Crippen molar-refractivity contribution in [2.75, 3.05) is 14.2 Å². The SMILES string of the molecule is COCc1ccc(C(=O)NC(c2ccc(OC)cc2)c2nccn2C)cc1. The van der Waals surface area contributed by atoms with Gasteiger partial charge in [0.2, 0.25) is 0 Å². The molecule has 1 amide bonds. The van der Waals surface area contributed by atoms with Gasteiger partial charge in [-0.15, -0.1) is 0 Å². The summed E-state index contributed by atoms with van der Waals surface area (Å²) in [5.74, 6) is 1.35. The molecule has 3 aromatic rings. The van der Waals surface area contributed by atoms with Crippen molar-refractivity contribution in [3.63, 3.8) is 0 Å². The third-order valence-electron chi connectivity index (χ3n) is 4.37. The number of hydrogen-bond acceptors (Lipinski definition) is 4. The smallest absolute Gasteiger partial charge is 0.252 e. The minimum absolute atomic E-state index is 0.164. The topological polar surface area (TPSA) is 65.4 Å². The first kappa shape index (κ1) is 18.7. The van der Waals surface area contributed by atoms with Gasteiger partial charge in [0, 0.05) is 32.1 Å². The van der Waals surface area contributed by atoms with Crippen LogP contribution in [-0.2, 0) is 18.4 Å². The molecular formula is C21H23N3O3. The second-order valence-corrected chi connectivity index (χ2v) is 6.21. The summed E-state index contributed by atoms with van der Waals surface area (Å²) in [6, 6.07) is 14.6. The molecule has 1 unspecified atom stereocenters. The summed E-state index contributed by atoms with van der Waals surface area (Å²) in [5, 5.41) is 3.09. The van der Waals surface area contributed by atoms with Gasteiger partial charge in [-0.25, -0.2) is 4.98 Å². The van der Waals surface area contributed by atoms with Crippen molar-refractivity contribution in [1.29, 1.82) is 0 Å². The van der Waals surface area contributed by atoms with Gasteiger partial charge in [0.1, 0.15) is 17.6 Å². The molecule has 0 aliphatic rings. The first-order valence-electron chi connectivity index (χ1n) is 8.62. The van der Waals surface area contributed by atoms with E-state index in [1.54, 1.807) is 32.5 Å². The zero-order valence-electron chi connectivity index (χ0n) is 15.7. The summed E-state index contributed by atoms with van der Waals surface area (Å²) in [7, 11) is 5.18. The maximum absolute atomic E-state index is 12.8. The Hall–Kier alpha value is -3.12. The lowest BCUT2D eigenvalue weighted by Crippen LogP contribution is -2.31. The molecule has 0 bridgehead atoms. The van der Waals surface area contributed by atoms with Crippen LogP contribution in [0.5, 0.6) is 5.75 Å². The number of nitrogens with zero attached hydrogens (tertiary/aromatic N) is 2. The molecule has 0 saturated heterocycles. The molecule has 0 spiro atoms. The van der Waals surface area contributed by atoms with Crippen LogP contribution in [0.1, 0.15) is 33.4 Å². The zero-order valence-corrected chi connectivity index (χ0v) is 15.7. The Labute approximate surface area is 158 Å². The standard InChI is InChI=1S/C21H23N3O3/c1-24-13-12-22-20(24)19(16-8-10-18(27-3)11-9-16)23-21(25)17-6-4-15(5-7-17)14-26-2/h4-13,19H,14H2,1-3H3,(H,23,25). The average molecular weight is 365 g/mol. The second kappa shape index (κ2) is 8.51. The van der Waals surface area contributed by atoms with E-state index in [1.165, 1.54) is 0 Å². The number of imidazole rings is 1. The molecule has 0 radical (unpaired) electrons. The molecule has 6 nitrogen and oxygen atoms in total. The first-order valence-corrected chi connectivity index (χ1v) is 8.62. The van der Waals surface area contributed by atoms with Gasteiger partial charge in [0.15, 0.2) is 0 Å². The second-order valence-electron chi connectivity index (χ2n) is 6.21. The summed E-state index contributed by atoms with van der Waals surface area (Å²) in [5.41, 5.74) is 2.53. The fraction of sp³-hybridized carbons (Fsp3) is 0.238. The molecule has 1 heterocycles. The van der Waals surface area contributed by atoms with Gasteiger partial charge in [0.05, 0.1) is 13.7 Å². The summed E-state index contributed by atoms with van der Waals surface area (Å²) >= 11 is 0. The number of hydrogen-bond donors (Lipinski definition) is 1. The van der Waals surface area contributed by atoms with Crippen molar-refractivity contribution < 1.29 is 14.3 Å². The Balaban J connectivity index is 1.86. The van der Waals surface area contributed by atoms with Crippen LogP contribution in [0.2, 0.25) is 0 Å².